The second-order valence-electron chi connectivity index (χ2n) is 6.57. The Labute approximate surface area is 162 Å². The van der Waals surface area contributed by atoms with E-state index in [1.165, 1.54) is 20.1 Å². The van der Waals surface area contributed by atoms with Crippen molar-refractivity contribution in [3.8, 4) is 0 Å². The van der Waals surface area contributed by atoms with Crippen LogP contribution in [0.5, 0.6) is 0 Å². The fraction of sp³-hybridized carbons (Fsp3) is 0.286. The molecule has 0 spiro atoms. The number of rotatable bonds is 4. The average molecular weight is 384 g/mol. The van der Waals surface area contributed by atoms with E-state index in [0.29, 0.717) is 48.6 Å². The molecule has 2 aromatic rings. The number of benzene rings is 2. The van der Waals surface area contributed by atoms with Gasteiger partial charge in [-0.2, -0.15) is 0 Å². The summed E-state index contributed by atoms with van der Waals surface area (Å²) in [6.45, 7) is 3.28. The molecule has 2 aromatic carbocycles. The van der Waals surface area contributed by atoms with Crippen LogP contribution in [-0.4, -0.2) is 55.8 Å². The summed E-state index contributed by atoms with van der Waals surface area (Å²) in [5.41, 5.74) is 1.64. The molecular formula is C21H21FN2O4. The SMILES string of the molecule is COC(=O)c1ccc(C(=O)N2CCN(c3ccc(C(C)=O)cc3F)CC2)cc1. The van der Waals surface area contributed by atoms with Gasteiger partial charge in [-0.1, -0.05) is 0 Å². The van der Waals surface area contributed by atoms with Crippen LogP contribution in [0, 0.1) is 5.82 Å². The van der Waals surface area contributed by atoms with E-state index < -0.39 is 11.8 Å². The molecule has 0 aromatic heterocycles. The number of methoxy groups -OCH3 is 1. The topological polar surface area (TPSA) is 66.9 Å². The minimum Gasteiger partial charge on any atom is -0.465 e. The van der Waals surface area contributed by atoms with Gasteiger partial charge in [0, 0.05) is 37.3 Å². The maximum atomic E-state index is 14.3. The molecule has 1 amide bonds. The van der Waals surface area contributed by atoms with Gasteiger partial charge in [-0.15, -0.1) is 0 Å². The van der Waals surface area contributed by atoms with Gasteiger partial charge < -0.3 is 14.5 Å². The fourth-order valence-corrected chi connectivity index (χ4v) is 3.18. The van der Waals surface area contributed by atoms with E-state index in [2.05, 4.69) is 4.74 Å². The maximum absolute atomic E-state index is 14.3. The van der Waals surface area contributed by atoms with E-state index in [-0.39, 0.29) is 11.7 Å². The minimum atomic E-state index is -0.453. The number of amides is 1. The number of esters is 1. The van der Waals surface area contributed by atoms with Crippen LogP contribution in [0.3, 0.4) is 0 Å². The van der Waals surface area contributed by atoms with Gasteiger partial charge in [0.1, 0.15) is 5.82 Å². The number of ketones is 1. The van der Waals surface area contributed by atoms with Crippen LogP contribution >= 0.6 is 0 Å². The van der Waals surface area contributed by atoms with Crippen LogP contribution in [0.1, 0.15) is 38.0 Å². The number of carbonyl (C=O) groups is 3. The van der Waals surface area contributed by atoms with E-state index in [1.54, 1.807) is 41.3 Å². The smallest absolute Gasteiger partial charge is 0.337 e. The van der Waals surface area contributed by atoms with Crippen molar-refractivity contribution in [1.82, 2.24) is 4.90 Å². The molecule has 0 bridgehead atoms. The van der Waals surface area contributed by atoms with Gasteiger partial charge in [0.15, 0.2) is 5.78 Å². The van der Waals surface area contributed by atoms with Gasteiger partial charge in [0.2, 0.25) is 0 Å². The fourth-order valence-electron chi connectivity index (χ4n) is 3.18. The molecule has 146 valence electrons. The van der Waals surface area contributed by atoms with Crippen molar-refractivity contribution in [3.05, 3.63) is 65.0 Å². The highest BCUT2D eigenvalue weighted by Crippen LogP contribution is 2.23. The number of Topliss-reactive ketones (excluding diaryl/α,β-unsaturated/α-hetero) is 1. The zero-order valence-corrected chi connectivity index (χ0v) is 15.8. The van der Waals surface area contributed by atoms with Gasteiger partial charge in [-0.25, -0.2) is 9.18 Å². The molecule has 0 aliphatic carbocycles. The highest BCUT2D eigenvalue weighted by atomic mass is 19.1. The van der Waals surface area contributed by atoms with E-state index in [4.69, 9.17) is 0 Å². The Balaban J connectivity index is 1.64. The van der Waals surface area contributed by atoms with Gasteiger partial charge in [0.25, 0.3) is 5.91 Å². The number of piperazine rings is 1. The summed E-state index contributed by atoms with van der Waals surface area (Å²) < 4.78 is 19.0. The van der Waals surface area contributed by atoms with Gasteiger partial charge in [-0.05, 0) is 49.4 Å². The molecule has 28 heavy (non-hydrogen) atoms. The first kappa shape index (κ1) is 19.5. The number of halogens is 1. The lowest BCUT2D eigenvalue weighted by Gasteiger charge is -2.36. The van der Waals surface area contributed by atoms with Crippen LogP contribution in [0.2, 0.25) is 0 Å². The highest BCUT2D eigenvalue weighted by Gasteiger charge is 2.24. The Morgan fingerprint density at radius 2 is 1.46 bits per heavy atom. The van der Waals surface area contributed by atoms with Crippen LogP contribution in [-0.2, 0) is 4.74 Å². The summed E-state index contributed by atoms with van der Waals surface area (Å²) in [5.74, 6) is -1.21. The Kier molecular flexibility index (Phi) is 5.73. The van der Waals surface area contributed by atoms with E-state index in [0.717, 1.165) is 0 Å². The van der Waals surface area contributed by atoms with E-state index in [9.17, 15) is 18.8 Å². The summed E-state index contributed by atoms with van der Waals surface area (Å²) in [6.07, 6.45) is 0. The van der Waals surface area contributed by atoms with Gasteiger partial charge in [-0.3, -0.25) is 9.59 Å². The monoisotopic (exact) mass is 384 g/mol. The molecule has 1 aliphatic heterocycles. The Bertz CT molecular complexity index is 903. The summed E-state index contributed by atoms with van der Waals surface area (Å²) in [5, 5.41) is 0. The lowest BCUT2D eigenvalue weighted by Crippen LogP contribution is -2.49. The molecule has 1 fully saturated rings. The average Bonchev–Trinajstić information content (AvgIpc) is 2.72. The minimum absolute atomic E-state index is 0.136. The molecule has 3 rings (SSSR count). The zero-order chi connectivity index (χ0) is 20.3. The third-order valence-electron chi connectivity index (χ3n) is 4.81. The lowest BCUT2D eigenvalue weighted by molar-refractivity contribution is 0.0599. The lowest BCUT2D eigenvalue weighted by atomic mass is 10.1. The molecule has 1 heterocycles. The first-order valence-corrected chi connectivity index (χ1v) is 8.94. The molecule has 1 saturated heterocycles. The number of ether oxygens (including phenoxy) is 1. The van der Waals surface area contributed by atoms with Crippen molar-refractivity contribution in [2.75, 3.05) is 38.2 Å². The largest absolute Gasteiger partial charge is 0.465 e. The predicted molar refractivity (Wildman–Crippen MR) is 102 cm³/mol. The molecule has 0 atom stereocenters. The molecule has 0 N–H and O–H groups in total. The normalized spacial score (nSPS) is 14.0. The zero-order valence-electron chi connectivity index (χ0n) is 15.8. The van der Waals surface area contributed by atoms with Crippen molar-refractivity contribution in [2.24, 2.45) is 0 Å². The van der Waals surface area contributed by atoms with Crippen molar-refractivity contribution in [2.45, 2.75) is 6.92 Å². The maximum Gasteiger partial charge on any atom is 0.337 e. The summed E-state index contributed by atoms with van der Waals surface area (Å²) in [6, 6.07) is 10.8. The molecule has 0 unspecified atom stereocenters. The Morgan fingerprint density at radius 3 is 2.00 bits per heavy atom. The summed E-state index contributed by atoms with van der Waals surface area (Å²) in [7, 11) is 1.30. The van der Waals surface area contributed by atoms with E-state index in [1.807, 2.05) is 4.90 Å². The molecule has 7 heteroatoms. The number of carbonyl (C=O) groups excluding carboxylic acids is 3. The van der Waals surface area contributed by atoms with Crippen molar-refractivity contribution >= 4 is 23.3 Å². The third-order valence-corrected chi connectivity index (χ3v) is 4.81. The molecular weight excluding hydrogens is 363 g/mol. The number of nitrogens with zero attached hydrogens (tertiary/aromatic N) is 2. The van der Waals surface area contributed by atoms with Crippen LogP contribution in [0.25, 0.3) is 0 Å². The van der Waals surface area contributed by atoms with E-state index >= 15 is 0 Å². The quantitative estimate of drug-likeness (QED) is 0.599. The second kappa shape index (κ2) is 8.21. The Hall–Kier alpha value is -3.22. The first-order chi connectivity index (χ1) is 13.4. The van der Waals surface area contributed by atoms with Gasteiger partial charge >= 0.3 is 5.97 Å². The number of hydrogen-bond acceptors (Lipinski definition) is 5. The molecule has 0 saturated carbocycles. The number of anilines is 1. The van der Waals surface area contributed by atoms with Crippen molar-refractivity contribution in [1.29, 1.82) is 0 Å². The third kappa shape index (κ3) is 4.03. The number of hydrogen-bond donors (Lipinski definition) is 0. The van der Waals surface area contributed by atoms with Crippen LogP contribution < -0.4 is 4.90 Å². The molecule has 0 radical (unpaired) electrons. The van der Waals surface area contributed by atoms with Gasteiger partial charge in [0.05, 0.1) is 18.4 Å². The summed E-state index contributed by atoms with van der Waals surface area (Å²) in [4.78, 5) is 39.1. The highest BCUT2D eigenvalue weighted by molar-refractivity contribution is 5.96. The Morgan fingerprint density at radius 1 is 0.893 bits per heavy atom. The van der Waals surface area contributed by atoms with Crippen LogP contribution in [0.15, 0.2) is 42.5 Å². The molecule has 6 nitrogen and oxygen atoms in total. The van der Waals surface area contributed by atoms with Crippen molar-refractivity contribution < 1.29 is 23.5 Å². The standard InChI is InChI=1S/C21H21FN2O4/c1-14(25)17-7-8-19(18(22)13-17)23-9-11-24(12-10-23)20(26)15-3-5-16(6-4-15)21(27)28-2/h3-8,13H,9-12H2,1-2H3. The first-order valence-electron chi connectivity index (χ1n) is 8.94. The van der Waals surface area contributed by atoms with Crippen molar-refractivity contribution in [3.63, 3.8) is 0 Å². The van der Waals surface area contributed by atoms with Crippen LogP contribution in [0.4, 0.5) is 10.1 Å². The molecule has 1 aliphatic rings. The predicted octanol–water partition coefficient (Wildman–Crippen LogP) is 2.78. The second-order valence-corrected chi connectivity index (χ2v) is 6.57. The summed E-state index contributed by atoms with van der Waals surface area (Å²) >= 11 is 0.